The van der Waals surface area contributed by atoms with E-state index in [1.807, 2.05) is 6.92 Å². The SMILES string of the molecule is CCOc1ccc(C(=O)NC(=S)NCC2CCCO2)cc1Br. The van der Waals surface area contributed by atoms with Crippen molar-refractivity contribution in [3.63, 3.8) is 0 Å². The summed E-state index contributed by atoms with van der Waals surface area (Å²) in [6.45, 7) is 3.89. The number of rotatable bonds is 5. The maximum Gasteiger partial charge on any atom is 0.257 e. The predicted molar refractivity (Wildman–Crippen MR) is 92.4 cm³/mol. The summed E-state index contributed by atoms with van der Waals surface area (Å²) in [5, 5.41) is 5.98. The molecular weight excluding hydrogens is 368 g/mol. The van der Waals surface area contributed by atoms with E-state index >= 15 is 0 Å². The number of nitrogens with one attached hydrogen (secondary N) is 2. The van der Waals surface area contributed by atoms with Gasteiger partial charge in [0.2, 0.25) is 0 Å². The summed E-state index contributed by atoms with van der Waals surface area (Å²) < 4.78 is 11.6. The second kappa shape index (κ2) is 8.45. The molecule has 0 aliphatic carbocycles. The van der Waals surface area contributed by atoms with Gasteiger partial charge in [-0.15, -0.1) is 0 Å². The lowest BCUT2D eigenvalue weighted by atomic mass is 10.2. The van der Waals surface area contributed by atoms with Gasteiger partial charge in [0, 0.05) is 18.7 Å². The smallest absolute Gasteiger partial charge is 0.257 e. The number of ether oxygens (including phenoxy) is 2. The van der Waals surface area contributed by atoms with Crippen molar-refractivity contribution in [2.24, 2.45) is 0 Å². The minimum absolute atomic E-state index is 0.175. The van der Waals surface area contributed by atoms with Crippen molar-refractivity contribution in [1.82, 2.24) is 10.6 Å². The fourth-order valence-electron chi connectivity index (χ4n) is 2.15. The molecule has 0 bridgehead atoms. The molecule has 22 heavy (non-hydrogen) atoms. The van der Waals surface area contributed by atoms with Crippen LogP contribution in [0.4, 0.5) is 0 Å². The molecule has 0 aromatic heterocycles. The number of carbonyl (C=O) groups is 1. The number of benzene rings is 1. The van der Waals surface area contributed by atoms with E-state index in [2.05, 4.69) is 26.6 Å². The maximum absolute atomic E-state index is 12.1. The van der Waals surface area contributed by atoms with Crippen LogP contribution in [0, 0.1) is 0 Å². The second-order valence-electron chi connectivity index (χ2n) is 4.88. The summed E-state index contributed by atoms with van der Waals surface area (Å²) in [4.78, 5) is 12.1. The van der Waals surface area contributed by atoms with Crippen LogP contribution in [-0.2, 0) is 4.74 Å². The maximum atomic E-state index is 12.1. The van der Waals surface area contributed by atoms with E-state index in [1.54, 1.807) is 18.2 Å². The molecule has 1 unspecified atom stereocenters. The third-order valence-electron chi connectivity index (χ3n) is 3.24. The highest BCUT2D eigenvalue weighted by atomic mass is 79.9. The van der Waals surface area contributed by atoms with Crippen LogP contribution in [-0.4, -0.2) is 36.9 Å². The van der Waals surface area contributed by atoms with Gasteiger partial charge in [-0.1, -0.05) is 0 Å². The van der Waals surface area contributed by atoms with Gasteiger partial charge in [0.25, 0.3) is 5.91 Å². The number of hydrogen-bond donors (Lipinski definition) is 2. The number of carbonyl (C=O) groups excluding carboxylic acids is 1. The van der Waals surface area contributed by atoms with E-state index in [1.165, 1.54) is 0 Å². The summed E-state index contributed by atoms with van der Waals surface area (Å²) in [5.41, 5.74) is 0.511. The van der Waals surface area contributed by atoms with Crippen LogP contribution in [0.25, 0.3) is 0 Å². The Morgan fingerprint density at radius 2 is 2.36 bits per heavy atom. The molecule has 1 amide bonds. The summed E-state index contributed by atoms with van der Waals surface area (Å²) in [6.07, 6.45) is 2.27. The molecule has 5 nitrogen and oxygen atoms in total. The van der Waals surface area contributed by atoms with Crippen molar-refractivity contribution in [3.8, 4) is 5.75 Å². The van der Waals surface area contributed by atoms with Crippen LogP contribution < -0.4 is 15.4 Å². The zero-order chi connectivity index (χ0) is 15.9. The van der Waals surface area contributed by atoms with Gasteiger partial charge in [-0.3, -0.25) is 10.1 Å². The number of thiocarbonyl (C=S) groups is 1. The normalized spacial score (nSPS) is 17.1. The lowest BCUT2D eigenvalue weighted by Crippen LogP contribution is -2.42. The van der Waals surface area contributed by atoms with E-state index < -0.39 is 0 Å². The summed E-state index contributed by atoms with van der Waals surface area (Å²) in [5.74, 6) is 0.451. The Morgan fingerprint density at radius 1 is 1.55 bits per heavy atom. The molecule has 0 spiro atoms. The van der Waals surface area contributed by atoms with Gasteiger partial charge < -0.3 is 14.8 Å². The minimum Gasteiger partial charge on any atom is -0.493 e. The van der Waals surface area contributed by atoms with Crippen molar-refractivity contribution in [2.45, 2.75) is 25.9 Å². The van der Waals surface area contributed by atoms with Gasteiger partial charge in [-0.2, -0.15) is 0 Å². The van der Waals surface area contributed by atoms with Crippen molar-refractivity contribution < 1.29 is 14.3 Å². The standard InChI is InChI=1S/C15H19BrN2O3S/c1-2-20-13-6-5-10(8-12(13)16)14(19)18-15(22)17-9-11-4-3-7-21-11/h5-6,8,11H,2-4,7,9H2,1H3,(H2,17,18,19,22). The quantitative estimate of drug-likeness (QED) is 0.761. The molecule has 1 heterocycles. The average molecular weight is 387 g/mol. The van der Waals surface area contributed by atoms with Crippen LogP contribution >= 0.6 is 28.1 Å². The molecule has 1 fully saturated rings. The summed E-state index contributed by atoms with van der Waals surface area (Å²) >= 11 is 8.52. The molecule has 120 valence electrons. The van der Waals surface area contributed by atoms with E-state index in [-0.39, 0.29) is 12.0 Å². The topological polar surface area (TPSA) is 59.6 Å². The van der Waals surface area contributed by atoms with Crippen molar-refractivity contribution in [1.29, 1.82) is 0 Å². The summed E-state index contributed by atoms with van der Waals surface area (Å²) in [7, 11) is 0. The van der Waals surface area contributed by atoms with E-state index in [4.69, 9.17) is 21.7 Å². The Hall–Kier alpha value is -1.18. The predicted octanol–water partition coefficient (Wildman–Crippen LogP) is 2.63. The fraction of sp³-hybridized carbons (Fsp3) is 0.467. The van der Waals surface area contributed by atoms with E-state index in [0.717, 1.165) is 23.9 Å². The molecule has 7 heteroatoms. The third-order valence-corrected chi connectivity index (χ3v) is 4.10. The second-order valence-corrected chi connectivity index (χ2v) is 6.14. The molecule has 0 radical (unpaired) electrons. The molecule has 1 aromatic carbocycles. The van der Waals surface area contributed by atoms with Crippen LogP contribution in [0.1, 0.15) is 30.1 Å². The first-order valence-electron chi connectivity index (χ1n) is 7.23. The number of amides is 1. The lowest BCUT2D eigenvalue weighted by Gasteiger charge is -2.13. The monoisotopic (exact) mass is 386 g/mol. The Balaban J connectivity index is 1.85. The molecule has 2 rings (SSSR count). The molecule has 1 atom stereocenters. The van der Waals surface area contributed by atoms with Crippen molar-refractivity contribution >= 4 is 39.2 Å². The fourth-order valence-corrected chi connectivity index (χ4v) is 2.82. The third kappa shape index (κ3) is 4.93. The van der Waals surface area contributed by atoms with Crippen LogP contribution in [0.3, 0.4) is 0 Å². The van der Waals surface area contributed by atoms with Gasteiger partial charge in [0.15, 0.2) is 5.11 Å². The van der Waals surface area contributed by atoms with Crippen LogP contribution in [0.5, 0.6) is 5.75 Å². The Morgan fingerprint density at radius 3 is 3.00 bits per heavy atom. The molecule has 1 aliphatic heterocycles. The van der Waals surface area contributed by atoms with Gasteiger partial charge in [0.05, 0.1) is 17.2 Å². The minimum atomic E-state index is -0.256. The van der Waals surface area contributed by atoms with Crippen molar-refractivity contribution in [3.05, 3.63) is 28.2 Å². The van der Waals surface area contributed by atoms with Crippen molar-refractivity contribution in [2.75, 3.05) is 19.8 Å². The first kappa shape index (κ1) is 17.2. The molecule has 1 aliphatic rings. The van der Waals surface area contributed by atoms with Gasteiger partial charge in [-0.25, -0.2) is 0 Å². The van der Waals surface area contributed by atoms with Gasteiger partial charge in [-0.05, 0) is 66.1 Å². The summed E-state index contributed by atoms with van der Waals surface area (Å²) in [6, 6.07) is 5.17. The Kier molecular flexibility index (Phi) is 6.60. The molecule has 1 saturated heterocycles. The van der Waals surface area contributed by atoms with Crippen LogP contribution in [0.15, 0.2) is 22.7 Å². The number of hydrogen-bond acceptors (Lipinski definition) is 4. The first-order chi connectivity index (χ1) is 10.6. The zero-order valence-corrected chi connectivity index (χ0v) is 14.8. The number of halogens is 1. The highest BCUT2D eigenvalue weighted by molar-refractivity contribution is 9.10. The molecule has 2 N–H and O–H groups in total. The molecule has 1 aromatic rings. The van der Waals surface area contributed by atoms with E-state index in [0.29, 0.717) is 29.6 Å². The Labute approximate surface area is 143 Å². The van der Waals surface area contributed by atoms with Gasteiger partial charge >= 0.3 is 0 Å². The highest BCUT2D eigenvalue weighted by Gasteiger charge is 2.16. The van der Waals surface area contributed by atoms with Crippen LogP contribution in [0.2, 0.25) is 0 Å². The molecule has 0 saturated carbocycles. The highest BCUT2D eigenvalue weighted by Crippen LogP contribution is 2.25. The Bertz CT molecular complexity index is 548. The lowest BCUT2D eigenvalue weighted by molar-refractivity contribution is 0.0973. The average Bonchev–Trinajstić information content (AvgIpc) is 3.00. The zero-order valence-electron chi connectivity index (χ0n) is 12.4. The molecular formula is C15H19BrN2O3S. The largest absolute Gasteiger partial charge is 0.493 e. The van der Waals surface area contributed by atoms with Gasteiger partial charge in [0.1, 0.15) is 5.75 Å². The van der Waals surface area contributed by atoms with E-state index in [9.17, 15) is 4.79 Å². The first-order valence-corrected chi connectivity index (χ1v) is 8.43.